The molecule has 0 atom stereocenters. The van der Waals surface area contributed by atoms with Gasteiger partial charge in [-0.15, -0.1) is 0 Å². The molecule has 0 aliphatic rings. The van der Waals surface area contributed by atoms with Crippen molar-refractivity contribution in [2.24, 2.45) is 5.73 Å². The zero-order valence-corrected chi connectivity index (χ0v) is 9.72. The van der Waals surface area contributed by atoms with Gasteiger partial charge in [-0.1, -0.05) is 13.8 Å². The van der Waals surface area contributed by atoms with Crippen LogP contribution in [0.5, 0.6) is 0 Å². The van der Waals surface area contributed by atoms with E-state index in [0.717, 1.165) is 16.0 Å². The minimum absolute atomic E-state index is 0.147. The van der Waals surface area contributed by atoms with Crippen molar-refractivity contribution in [1.82, 2.24) is 9.97 Å². The lowest BCUT2D eigenvalue weighted by molar-refractivity contribution is 0.500. The van der Waals surface area contributed by atoms with Gasteiger partial charge in [-0.05, 0) is 22.9 Å². The minimum atomic E-state index is -0.147. The summed E-state index contributed by atoms with van der Waals surface area (Å²) in [6.07, 6.45) is 1.77. The molecule has 72 valence electrons. The van der Waals surface area contributed by atoms with Crippen molar-refractivity contribution in [3.05, 3.63) is 22.2 Å². The van der Waals surface area contributed by atoms with Crippen LogP contribution in [0, 0.1) is 6.92 Å². The van der Waals surface area contributed by atoms with Crippen LogP contribution in [0.15, 0.2) is 10.7 Å². The van der Waals surface area contributed by atoms with Crippen LogP contribution in [0.25, 0.3) is 0 Å². The average Bonchev–Trinajstić information content (AvgIpc) is 2.09. The summed E-state index contributed by atoms with van der Waals surface area (Å²) in [4.78, 5) is 8.62. The number of hydrogen-bond acceptors (Lipinski definition) is 3. The largest absolute Gasteiger partial charge is 0.329 e. The molecule has 0 fully saturated rings. The Morgan fingerprint density at radius 3 is 2.62 bits per heavy atom. The van der Waals surface area contributed by atoms with Gasteiger partial charge in [0.25, 0.3) is 0 Å². The number of nitrogens with two attached hydrogens (primary N) is 1. The fraction of sp³-hybridized carbons (Fsp3) is 0.556. The van der Waals surface area contributed by atoms with Crippen LogP contribution in [0.3, 0.4) is 0 Å². The molecule has 0 bridgehead atoms. The summed E-state index contributed by atoms with van der Waals surface area (Å²) in [5.74, 6) is 0.802. The van der Waals surface area contributed by atoms with E-state index in [1.807, 2.05) is 20.8 Å². The molecule has 2 N–H and O–H groups in total. The van der Waals surface area contributed by atoms with Crippen LogP contribution in [-0.2, 0) is 5.41 Å². The normalized spacial score (nSPS) is 11.8. The van der Waals surface area contributed by atoms with Crippen LogP contribution in [-0.4, -0.2) is 16.5 Å². The third kappa shape index (κ3) is 2.25. The van der Waals surface area contributed by atoms with E-state index in [1.54, 1.807) is 6.20 Å². The Labute approximate surface area is 86.9 Å². The van der Waals surface area contributed by atoms with Crippen LogP contribution >= 0.6 is 15.9 Å². The summed E-state index contributed by atoms with van der Waals surface area (Å²) >= 11 is 3.36. The predicted molar refractivity (Wildman–Crippen MR) is 56.5 cm³/mol. The Hall–Kier alpha value is -0.480. The Bertz CT molecular complexity index is 310. The lowest BCUT2D eigenvalue weighted by atomic mass is 9.93. The number of rotatable bonds is 2. The zero-order valence-electron chi connectivity index (χ0n) is 8.13. The van der Waals surface area contributed by atoms with Crippen molar-refractivity contribution in [3.8, 4) is 0 Å². The lowest BCUT2D eigenvalue weighted by Gasteiger charge is -2.20. The van der Waals surface area contributed by atoms with Gasteiger partial charge in [0, 0.05) is 18.2 Å². The molecule has 0 amide bonds. The van der Waals surface area contributed by atoms with Crippen molar-refractivity contribution in [3.63, 3.8) is 0 Å². The maximum absolute atomic E-state index is 5.63. The van der Waals surface area contributed by atoms with E-state index in [9.17, 15) is 0 Å². The summed E-state index contributed by atoms with van der Waals surface area (Å²) in [5, 5.41) is 0. The van der Waals surface area contributed by atoms with Gasteiger partial charge in [0.15, 0.2) is 0 Å². The van der Waals surface area contributed by atoms with E-state index in [-0.39, 0.29) is 5.41 Å². The molecule has 1 rings (SSSR count). The van der Waals surface area contributed by atoms with Crippen molar-refractivity contribution >= 4 is 15.9 Å². The molecule has 1 heterocycles. The first kappa shape index (κ1) is 10.6. The van der Waals surface area contributed by atoms with Gasteiger partial charge in [0.2, 0.25) is 0 Å². The second-order valence-corrected chi connectivity index (χ2v) is 4.57. The highest BCUT2D eigenvalue weighted by Gasteiger charge is 2.22. The third-order valence-corrected chi connectivity index (χ3v) is 2.81. The quantitative estimate of drug-likeness (QED) is 0.862. The molecule has 0 spiro atoms. The van der Waals surface area contributed by atoms with Gasteiger partial charge in [-0.25, -0.2) is 9.97 Å². The van der Waals surface area contributed by atoms with Gasteiger partial charge in [-0.3, -0.25) is 0 Å². The van der Waals surface area contributed by atoms with Gasteiger partial charge in [-0.2, -0.15) is 0 Å². The maximum Gasteiger partial charge on any atom is 0.135 e. The SMILES string of the molecule is Cc1nc(C(C)(C)CN)ncc1Br. The number of aromatic nitrogens is 2. The highest BCUT2D eigenvalue weighted by atomic mass is 79.9. The van der Waals surface area contributed by atoms with Crippen LogP contribution in [0.4, 0.5) is 0 Å². The third-order valence-electron chi connectivity index (χ3n) is 2.04. The van der Waals surface area contributed by atoms with Crippen LogP contribution in [0.2, 0.25) is 0 Å². The molecule has 1 aromatic heterocycles. The maximum atomic E-state index is 5.63. The first-order valence-corrected chi connectivity index (χ1v) is 4.96. The lowest BCUT2D eigenvalue weighted by Crippen LogP contribution is -2.30. The van der Waals surface area contributed by atoms with Gasteiger partial charge in [0.05, 0.1) is 10.2 Å². The van der Waals surface area contributed by atoms with E-state index >= 15 is 0 Å². The molecule has 0 aliphatic carbocycles. The summed E-state index contributed by atoms with van der Waals surface area (Å²) in [6, 6.07) is 0. The summed E-state index contributed by atoms with van der Waals surface area (Å²) in [5.41, 5.74) is 6.44. The molecule has 3 nitrogen and oxygen atoms in total. The van der Waals surface area contributed by atoms with Gasteiger partial charge < -0.3 is 5.73 Å². The average molecular weight is 244 g/mol. The number of nitrogens with zero attached hydrogens (tertiary/aromatic N) is 2. The summed E-state index contributed by atoms with van der Waals surface area (Å²) < 4.78 is 0.934. The smallest absolute Gasteiger partial charge is 0.135 e. The molecule has 0 unspecified atom stereocenters. The summed E-state index contributed by atoms with van der Waals surface area (Å²) in [7, 11) is 0. The highest BCUT2D eigenvalue weighted by molar-refractivity contribution is 9.10. The summed E-state index contributed by atoms with van der Waals surface area (Å²) in [6.45, 7) is 6.57. The van der Waals surface area contributed by atoms with E-state index in [4.69, 9.17) is 5.73 Å². The molecule has 1 aromatic rings. The number of aryl methyl sites for hydroxylation is 1. The van der Waals surface area contributed by atoms with E-state index in [2.05, 4.69) is 25.9 Å². The zero-order chi connectivity index (χ0) is 10.1. The molecule has 0 saturated carbocycles. The molecule has 0 aromatic carbocycles. The van der Waals surface area contributed by atoms with Crippen LogP contribution < -0.4 is 5.73 Å². The van der Waals surface area contributed by atoms with Crippen molar-refractivity contribution in [1.29, 1.82) is 0 Å². The predicted octanol–water partition coefficient (Wildman–Crippen LogP) is 1.78. The monoisotopic (exact) mass is 243 g/mol. The first-order valence-electron chi connectivity index (χ1n) is 4.17. The Balaban J connectivity index is 3.10. The van der Waals surface area contributed by atoms with Gasteiger partial charge in [0.1, 0.15) is 5.82 Å². The van der Waals surface area contributed by atoms with Crippen molar-refractivity contribution in [2.45, 2.75) is 26.2 Å². The topological polar surface area (TPSA) is 51.8 Å². The Morgan fingerprint density at radius 1 is 1.54 bits per heavy atom. The molecule has 13 heavy (non-hydrogen) atoms. The molecule has 0 saturated heterocycles. The second-order valence-electron chi connectivity index (χ2n) is 3.71. The standard InChI is InChI=1S/C9H14BrN3/c1-6-7(10)4-12-8(13-6)9(2,3)5-11/h4H,5,11H2,1-3H3. The molecular weight excluding hydrogens is 230 g/mol. The minimum Gasteiger partial charge on any atom is -0.329 e. The molecule has 4 heteroatoms. The van der Waals surface area contributed by atoms with Gasteiger partial charge >= 0.3 is 0 Å². The van der Waals surface area contributed by atoms with E-state index in [0.29, 0.717) is 6.54 Å². The first-order chi connectivity index (χ1) is 5.97. The fourth-order valence-electron chi connectivity index (χ4n) is 0.870. The highest BCUT2D eigenvalue weighted by Crippen LogP contribution is 2.20. The molecule has 0 aliphatic heterocycles. The van der Waals surface area contributed by atoms with E-state index in [1.165, 1.54) is 0 Å². The van der Waals surface area contributed by atoms with Crippen molar-refractivity contribution < 1.29 is 0 Å². The van der Waals surface area contributed by atoms with E-state index < -0.39 is 0 Å². The van der Waals surface area contributed by atoms with Crippen LogP contribution in [0.1, 0.15) is 25.4 Å². The Kier molecular flexibility index (Phi) is 3.03. The molecule has 0 radical (unpaired) electrons. The Morgan fingerprint density at radius 2 is 2.15 bits per heavy atom. The fourth-order valence-corrected chi connectivity index (χ4v) is 1.06. The second kappa shape index (κ2) is 3.72. The number of halogens is 1. The number of hydrogen-bond donors (Lipinski definition) is 1. The van der Waals surface area contributed by atoms with Crippen molar-refractivity contribution in [2.75, 3.05) is 6.54 Å². The molecular formula is C9H14BrN3.